The molecular weight excluding hydrogens is 152 g/mol. The van der Waals surface area contributed by atoms with Gasteiger partial charge in [-0.1, -0.05) is 0 Å². The van der Waals surface area contributed by atoms with E-state index >= 15 is 0 Å². The molecule has 10 heavy (non-hydrogen) atoms. The van der Waals surface area contributed by atoms with Crippen molar-refractivity contribution in [1.29, 1.82) is 0 Å². The number of nitrogens with zero attached hydrogens (tertiary/aromatic N) is 1. The average Bonchev–Trinajstić information content (AvgIpc) is 1.81. The summed E-state index contributed by atoms with van der Waals surface area (Å²) in [5.41, 5.74) is 5.54. The van der Waals surface area contributed by atoms with Gasteiger partial charge in [0.2, 0.25) is 10.0 Å². The van der Waals surface area contributed by atoms with E-state index in [1.54, 1.807) is 7.05 Å². The third kappa shape index (κ3) is 1.47. The smallest absolute Gasteiger partial charge is 0.213 e. The van der Waals surface area contributed by atoms with Crippen molar-refractivity contribution >= 4 is 10.0 Å². The maximum atomic E-state index is 11.0. The normalized spacial score (nSPS) is 34.0. The quantitative estimate of drug-likeness (QED) is 0.498. The van der Waals surface area contributed by atoms with Crippen molar-refractivity contribution in [2.45, 2.75) is 12.5 Å². The summed E-state index contributed by atoms with van der Waals surface area (Å²) in [5.74, 6) is 0.199. The van der Waals surface area contributed by atoms with Gasteiger partial charge in [0.15, 0.2) is 0 Å². The van der Waals surface area contributed by atoms with Crippen LogP contribution >= 0.6 is 0 Å². The maximum absolute atomic E-state index is 11.0. The van der Waals surface area contributed by atoms with E-state index in [9.17, 15) is 8.42 Å². The predicted octanol–water partition coefficient (Wildman–Crippen LogP) is -1.02. The molecule has 1 saturated heterocycles. The van der Waals surface area contributed by atoms with Crippen molar-refractivity contribution < 1.29 is 8.42 Å². The third-order valence-electron chi connectivity index (χ3n) is 1.71. The molecule has 1 heterocycles. The molecular formula is C5H12N2O2S. The van der Waals surface area contributed by atoms with E-state index in [1.165, 1.54) is 4.31 Å². The van der Waals surface area contributed by atoms with Gasteiger partial charge >= 0.3 is 0 Å². The van der Waals surface area contributed by atoms with E-state index in [0.29, 0.717) is 13.0 Å². The summed E-state index contributed by atoms with van der Waals surface area (Å²) in [5, 5.41) is 0. The Bertz CT molecular complexity index is 212. The Hall–Kier alpha value is -0.130. The molecule has 4 nitrogen and oxygen atoms in total. The summed E-state index contributed by atoms with van der Waals surface area (Å²) < 4.78 is 23.3. The summed E-state index contributed by atoms with van der Waals surface area (Å²) in [7, 11) is -1.38. The molecule has 1 aliphatic rings. The minimum atomic E-state index is -2.94. The fourth-order valence-corrected chi connectivity index (χ4v) is 2.32. The van der Waals surface area contributed by atoms with Crippen LogP contribution in [0.2, 0.25) is 0 Å². The minimum absolute atomic E-state index is 0.0218. The molecule has 0 aromatic heterocycles. The third-order valence-corrected chi connectivity index (χ3v) is 3.56. The molecule has 0 aliphatic carbocycles. The maximum Gasteiger partial charge on any atom is 0.213 e. The second kappa shape index (κ2) is 2.48. The second-order valence-corrected chi connectivity index (χ2v) is 4.84. The Morgan fingerprint density at radius 1 is 1.60 bits per heavy atom. The van der Waals surface area contributed by atoms with Crippen LogP contribution in [0.4, 0.5) is 0 Å². The van der Waals surface area contributed by atoms with Crippen molar-refractivity contribution in [3.8, 4) is 0 Å². The lowest BCUT2D eigenvalue weighted by molar-refractivity contribution is 0.402. The fraction of sp³-hybridized carbons (Fsp3) is 1.00. The van der Waals surface area contributed by atoms with Gasteiger partial charge in [-0.3, -0.25) is 0 Å². The van der Waals surface area contributed by atoms with Crippen LogP contribution in [0, 0.1) is 0 Å². The van der Waals surface area contributed by atoms with Gasteiger partial charge < -0.3 is 5.73 Å². The number of likely N-dealkylation sites (N-methyl/N-ethyl adjacent to an activating group) is 1. The lowest BCUT2D eigenvalue weighted by Crippen LogP contribution is -2.45. The molecule has 0 amide bonds. The van der Waals surface area contributed by atoms with Gasteiger partial charge in [-0.05, 0) is 6.42 Å². The van der Waals surface area contributed by atoms with Gasteiger partial charge in [-0.15, -0.1) is 0 Å². The zero-order chi connectivity index (χ0) is 7.78. The highest BCUT2D eigenvalue weighted by Crippen LogP contribution is 2.09. The highest BCUT2D eigenvalue weighted by atomic mass is 32.2. The molecule has 0 spiro atoms. The summed E-state index contributed by atoms with van der Waals surface area (Å²) in [4.78, 5) is 0. The SMILES string of the molecule is CN1C[C@@H](N)CCS1(=O)=O. The predicted molar refractivity (Wildman–Crippen MR) is 39.0 cm³/mol. The van der Waals surface area contributed by atoms with E-state index in [-0.39, 0.29) is 11.8 Å². The van der Waals surface area contributed by atoms with E-state index in [2.05, 4.69) is 0 Å². The fourth-order valence-electron chi connectivity index (χ4n) is 0.991. The Labute approximate surface area is 61.1 Å². The Balaban J connectivity index is 2.70. The van der Waals surface area contributed by atoms with Gasteiger partial charge in [0.1, 0.15) is 0 Å². The van der Waals surface area contributed by atoms with E-state index < -0.39 is 10.0 Å². The van der Waals surface area contributed by atoms with Crippen LogP contribution in [0.5, 0.6) is 0 Å². The largest absolute Gasteiger partial charge is 0.326 e. The van der Waals surface area contributed by atoms with E-state index in [0.717, 1.165) is 0 Å². The number of hydrogen-bond acceptors (Lipinski definition) is 3. The van der Waals surface area contributed by atoms with Crippen molar-refractivity contribution in [3.63, 3.8) is 0 Å². The van der Waals surface area contributed by atoms with Crippen molar-refractivity contribution in [3.05, 3.63) is 0 Å². The molecule has 1 rings (SSSR count). The molecule has 0 unspecified atom stereocenters. The van der Waals surface area contributed by atoms with Gasteiger partial charge in [0.25, 0.3) is 0 Å². The molecule has 0 saturated carbocycles. The second-order valence-electron chi connectivity index (χ2n) is 2.65. The molecule has 0 aromatic rings. The first-order chi connectivity index (χ1) is 4.52. The number of nitrogens with two attached hydrogens (primary N) is 1. The van der Waals surface area contributed by atoms with Gasteiger partial charge in [-0.25, -0.2) is 12.7 Å². The topological polar surface area (TPSA) is 63.4 Å². The molecule has 60 valence electrons. The van der Waals surface area contributed by atoms with E-state index in [4.69, 9.17) is 5.73 Å². The number of hydrogen-bond donors (Lipinski definition) is 1. The molecule has 1 aliphatic heterocycles. The highest BCUT2D eigenvalue weighted by Gasteiger charge is 2.25. The molecule has 1 atom stereocenters. The van der Waals surface area contributed by atoms with Crippen LogP contribution in [0.3, 0.4) is 0 Å². The first-order valence-corrected chi connectivity index (χ1v) is 4.83. The molecule has 5 heteroatoms. The molecule has 0 aromatic carbocycles. The molecule has 0 bridgehead atoms. The summed E-state index contributed by atoms with van der Waals surface area (Å²) in [6, 6.07) is 0.0218. The summed E-state index contributed by atoms with van der Waals surface area (Å²) in [6.07, 6.45) is 0.590. The summed E-state index contributed by atoms with van der Waals surface area (Å²) >= 11 is 0. The van der Waals surface area contributed by atoms with Crippen LogP contribution in [-0.4, -0.2) is 38.1 Å². The first kappa shape index (κ1) is 7.97. The number of rotatable bonds is 0. The Morgan fingerprint density at radius 3 is 2.60 bits per heavy atom. The average molecular weight is 164 g/mol. The van der Waals surface area contributed by atoms with Gasteiger partial charge in [0, 0.05) is 19.6 Å². The minimum Gasteiger partial charge on any atom is -0.326 e. The van der Waals surface area contributed by atoms with Crippen molar-refractivity contribution in [1.82, 2.24) is 4.31 Å². The molecule has 1 fully saturated rings. The monoisotopic (exact) mass is 164 g/mol. The Kier molecular flexibility index (Phi) is 1.98. The highest BCUT2D eigenvalue weighted by molar-refractivity contribution is 7.89. The zero-order valence-corrected chi connectivity index (χ0v) is 6.76. The molecule has 2 N–H and O–H groups in total. The van der Waals surface area contributed by atoms with Crippen molar-refractivity contribution in [2.75, 3.05) is 19.3 Å². The first-order valence-electron chi connectivity index (χ1n) is 3.22. The van der Waals surface area contributed by atoms with Crippen LogP contribution in [0.15, 0.2) is 0 Å². The lowest BCUT2D eigenvalue weighted by atomic mass is 10.2. The van der Waals surface area contributed by atoms with Crippen LogP contribution < -0.4 is 5.73 Å². The van der Waals surface area contributed by atoms with Crippen LogP contribution in [0.1, 0.15) is 6.42 Å². The zero-order valence-electron chi connectivity index (χ0n) is 5.95. The van der Waals surface area contributed by atoms with Crippen molar-refractivity contribution in [2.24, 2.45) is 5.73 Å². The van der Waals surface area contributed by atoms with Crippen LogP contribution in [0.25, 0.3) is 0 Å². The van der Waals surface area contributed by atoms with Crippen LogP contribution in [-0.2, 0) is 10.0 Å². The summed E-state index contributed by atoms with van der Waals surface area (Å²) in [6.45, 7) is 0.461. The lowest BCUT2D eigenvalue weighted by Gasteiger charge is -2.26. The van der Waals surface area contributed by atoms with Gasteiger partial charge in [0.05, 0.1) is 5.75 Å². The molecule has 0 radical (unpaired) electrons. The number of sulfonamides is 1. The Morgan fingerprint density at radius 2 is 2.20 bits per heavy atom. The van der Waals surface area contributed by atoms with E-state index in [1.807, 2.05) is 0 Å². The van der Waals surface area contributed by atoms with Gasteiger partial charge in [-0.2, -0.15) is 0 Å². The standard InChI is InChI=1S/C5H12N2O2S/c1-7-4-5(6)2-3-10(7,8)9/h5H,2-4,6H2,1H3/t5-/m0/s1.